The van der Waals surface area contributed by atoms with Gasteiger partial charge in [-0.1, -0.05) is 20.3 Å². The number of piperidine rings is 1. The molecule has 4 nitrogen and oxygen atoms in total. The third-order valence-corrected chi connectivity index (χ3v) is 3.52. The molecule has 18 heavy (non-hydrogen) atoms. The molecule has 1 aliphatic heterocycles. The molecule has 2 N–H and O–H groups in total. The summed E-state index contributed by atoms with van der Waals surface area (Å²) in [7, 11) is 0. The van der Waals surface area contributed by atoms with Crippen LogP contribution in [0.5, 0.6) is 0 Å². The second-order valence-corrected chi connectivity index (χ2v) is 5.22. The average Bonchev–Trinajstić information content (AvgIpc) is 2.39. The molecule has 2 amide bonds. The van der Waals surface area contributed by atoms with Crippen molar-refractivity contribution in [3.05, 3.63) is 0 Å². The Balaban J connectivity index is 2.34. The Kier molecular flexibility index (Phi) is 7.81. The number of nitrogens with zero attached hydrogens (tertiary/aromatic N) is 1. The number of hydrogen-bond acceptors (Lipinski definition) is 2. The Hall–Kier alpha value is -0.770. The minimum atomic E-state index is 0.129. The van der Waals surface area contributed by atoms with Crippen molar-refractivity contribution >= 4 is 6.03 Å². The molecule has 1 saturated heterocycles. The van der Waals surface area contributed by atoms with Gasteiger partial charge in [-0.05, 0) is 44.7 Å². The highest BCUT2D eigenvalue weighted by atomic mass is 16.2. The molecule has 106 valence electrons. The first-order valence-corrected chi connectivity index (χ1v) is 7.51. The fourth-order valence-corrected chi connectivity index (χ4v) is 2.41. The molecule has 4 heteroatoms. The van der Waals surface area contributed by atoms with Gasteiger partial charge < -0.3 is 15.5 Å². The van der Waals surface area contributed by atoms with Gasteiger partial charge in [0.1, 0.15) is 0 Å². The van der Waals surface area contributed by atoms with E-state index < -0.39 is 0 Å². The van der Waals surface area contributed by atoms with Crippen LogP contribution in [0.4, 0.5) is 4.79 Å². The number of rotatable bonds is 7. The molecule has 0 aromatic heterocycles. The van der Waals surface area contributed by atoms with Gasteiger partial charge in [-0.25, -0.2) is 4.79 Å². The monoisotopic (exact) mass is 255 g/mol. The average molecular weight is 255 g/mol. The van der Waals surface area contributed by atoms with Gasteiger partial charge in [-0.2, -0.15) is 0 Å². The van der Waals surface area contributed by atoms with Crippen LogP contribution in [0, 0.1) is 5.92 Å². The van der Waals surface area contributed by atoms with E-state index in [-0.39, 0.29) is 6.03 Å². The van der Waals surface area contributed by atoms with E-state index >= 15 is 0 Å². The lowest BCUT2D eigenvalue weighted by Gasteiger charge is -2.30. The van der Waals surface area contributed by atoms with Crippen LogP contribution in [0.3, 0.4) is 0 Å². The zero-order chi connectivity index (χ0) is 13.2. The van der Waals surface area contributed by atoms with E-state index in [1.807, 2.05) is 4.90 Å². The summed E-state index contributed by atoms with van der Waals surface area (Å²) in [6.07, 6.45) is 5.62. The van der Waals surface area contributed by atoms with E-state index in [0.717, 1.165) is 52.0 Å². The van der Waals surface area contributed by atoms with Crippen LogP contribution in [0.1, 0.15) is 46.0 Å². The van der Waals surface area contributed by atoms with Gasteiger partial charge >= 0.3 is 6.03 Å². The Morgan fingerprint density at radius 2 is 2.00 bits per heavy atom. The molecule has 1 heterocycles. The fraction of sp³-hybridized carbons (Fsp3) is 0.929. The lowest BCUT2D eigenvalue weighted by atomic mass is 9.97. The minimum Gasteiger partial charge on any atom is -0.338 e. The summed E-state index contributed by atoms with van der Waals surface area (Å²) in [5.74, 6) is 0.676. The number of carbonyl (C=O) groups excluding carboxylic acids is 1. The predicted octanol–water partition coefficient (Wildman–Crippen LogP) is 2.21. The summed E-state index contributed by atoms with van der Waals surface area (Å²) in [5, 5.41) is 6.40. The number of carbonyl (C=O) groups is 1. The van der Waals surface area contributed by atoms with Gasteiger partial charge in [0, 0.05) is 19.6 Å². The van der Waals surface area contributed by atoms with Gasteiger partial charge in [0.15, 0.2) is 0 Å². The van der Waals surface area contributed by atoms with Crippen LogP contribution in [0.25, 0.3) is 0 Å². The summed E-state index contributed by atoms with van der Waals surface area (Å²) in [4.78, 5) is 14.1. The highest BCUT2D eigenvalue weighted by molar-refractivity contribution is 5.74. The molecule has 0 unspecified atom stereocenters. The van der Waals surface area contributed by atoms with Crippen molar-refractivity contribution in [2.45, 2.75) is 46.0 Å². The predicted molar refractivity (Wildman–Crippen MR) is 75.8 cm³/mol. The Bertz CT molecular complexity index is 227. The van der Waals surface area contributed by atoms with E-state index in [4.69, 9.17) is 0 Å². The second-order valence-electron chi connectivity index (χ2n) is 5.22. The highest BCUT2D eigenvalue weighted by Gasteiger charge is 2.19. The quantitative estimate of drug-likeness (QED) is 0.685. The Labute approximate surface area is 111 Å². The first-order valence-electron chi connectivity index (χ1n) is 7.51. The van der Waals surface area contributed by atoms with Gasteiger partial charge in [-0.15, -0.1) is 0 Å². The first kappa shape index (κ1) is 15.3. The van der Waals surface area contributed by atoms with Crippen molar-refractivity contribution in [2.24, 2.45) is 5.92 Å². The van der Waals surface area contributed by atoms with Gasteiger partial charge in [0.25, 0.3) is 0 Å². The van der Waals surface area contributed by atoms with Crippen LogP contribution < -0.4 is 10.6 Å². The number of hydrogen-bond donors (Lipinski definition) is 2. The molecular formula is C14H29N3O. The molecular weight excluding hydrogens is 226 g/mol. The molecule has 0 spiro atoms. The zero-order valence-electron chi connectivity index (χ0n) is 12.0. The molecule has 0 radical (unpaired) electrons. The summed E-state index contributed by atoms with van der Waals surface area (Å²) in [5.41, 5.74) is 0. The van der Waals surface area contributed by atoms with Crippen LogP contribution in [0.2, 0.25) is 0 Å². The number of unbranched alkanes of at least 4 members (excludes halogenated alkanes) is 1. The van der Waals surface area contributed by atoms with Crippen molar-refractivity contribution in [3.8, 4) is 0 Å². The summed E-state index contributed by atoms with van der Waals surface area (Å²) >= 11 is 0. The third-order valence-electron chi connectivity index (χ3n) is 3.52. The lowest BCUT2D eigenvalue weighted by molar-refractivity contribution is 0.180. The normalized spacial score (nSPS) is 16.6. The molecule has 0 aromatic rings. The minimum absolute atomic E-state index is 0.129. The van der Waals surface area contributed by atoms with Gasteiger partial charge in [0.2, 0.25) is 0 Å². The fourth-order valence-electron chi connectivity index (χ4n) is 2.41. The molecule has 0 aliphatic carbocycles. The van der Waals surface area contributed by atoms with Crippen LogP contribution in [-0.2, 0) is 0 Å². The van der Waals surface area contributed by atoms with Crippen LogP contribution in [0.15, 0.2) is 0 Å². The Morgan fingerprint density at radius 1 is 1.28 bits per heavy atom. The molecule has 0 aromatic carbocycles. The number of amides is 2. The zero-order valence-corrected chi connectivity index (χ0v) is 12.0. The maximum absolute atomic E-state index is 12.1. The molecule has 0 saturated carbocycles. The molecule has 1 fully saturated rings. The number of nitrogens with one attached hydrogen (secondary N) is 2. The largest absolute Gasteiger partial charge is 0.338 e. The van der Waals surface area contributed by atoms with E-state index in [0.29, 0.717) is 5.92 Å². The van der Waals surface area contributed by atoms with Gasteiger partial charge in [0.05, 0.1) is 0 Å². The topological polar surface area (TPSA) is 44.4 Å². The standard InChI is InChI=1S/C14H29N3O/c1-3-5-8-16-14(18)17(11-4-2)12-13-6-9-15-10-7-13/h13,15H,3-12H2,1-2H3,(H,16,18). The smallest absolute Gasteiger partial charge is 0.317 e. The molecule has 0 bridgehead atoms. The molecule has 0 atom stereocenters. The maximum Gasteiger partial charge on any atom is 0.317 e. The van der Waals surface area contributed by atoms with Crippen molar-refractivity contribution < 1.29 is 4.79 Å². The van der Waals surface area contributed by atoms with Crippen LogP contribution in [-0.4, -0.2) is 43.7 Å². The van der Waals surface area contributed by atoms with Crippen LogP contribution >= 0.6 is 0 Å². The first-order chi connectivity index (χ1) is 8.77. The SMILES string of the molecule is CCCCNC(=O)N(CCC)CC1CCNCC1. The summed E-state index contributed by atoms with van der Waals surface area (Å²) in [6, 6.07) is 0.129. The van der Waals surface area contributed by atoms with E-state index in [1.54, 1.807) is 0 Å². The van der Waals surface area contributed by atoms with E-state index in [1.165, 1.54) is 12.8 Å². The lowest BCUT2D eigenvalue weighted by Crippen LogP contribution is -2.44. The third kappa shape index (κ3) is 5.71. The van der Waals surface area contributed by atoms with Crippen molar-refractivity contribution in [1.29, 1.82) is 0 Å². The summed E-state index contributed by atoms with van der Waals surface area (Å²) < 4.78 is 0. The number of urea groups is 1. The Morgan fingerprint density at radius 3 is 2.61 bits per heavy atom. The second kappa shape index (κ2) is 9.20. The van der Waals surface area contributed by atoms with Crippen molar-refractivity contribution in [1.82, 2.24) is 15.5 Å². The van der Waals surface area contributed by atoms with E-state index in [9.17, 15) is 4.79 Å². The van der Waals surface area contributed by atoms with Crippen molar-refractivity contribution in [3.63, 3.8) is 0 Å². The van der Waals surface area contributed by atoms with Crippen molar-refractivity contribution in [2.75, 3.05) is 32.7 Å². The molecule has 1 rings (SSSR count). The van der Waals surface area contributed by atoms with Gasteiger partial charge in [-0.3, -0.25) is 0 Å². The van der Waals surface area contributed by atoms with E-state index in [2.05, 4.69) is 24.5 Å². The molecule has 1 aliphatic rings. The summed E-state index contributed by atoms with van der Waals surface area (Å²) in [6.45, 7) is 9.08. The maximum atomic E-state index is 12.1. The highest BCUT2D eigenvalue weighted by Crippen LogP contribution is 2.13.